The predicted octanol–water partition coefficient (Wildman–Crippen LogP) is 5.72. The molecule has 3 aromatic carbocycles. The molecule has 0 aliphatic carbocycles. The monoisotopic (exact) mass is 481 g/mol. The van der Waals surface area contributed by atoms with Crippen molar-refractivity contribution in [3.63, 3.8) is 0 Å². The number of benzene rings is 3. The summed E-state index contributed by atoms with van der Waals surface area (Å²) in [6.45, 7) is 8.13. The molecule has 0 aliphatic heterocycles. The van der Waals surface area contributed by atoms with Crippen molar-refractivity contribution < 1.29 is 14.6 Å². The average Bonchev–Trinajstić information content (AvgIpc) is 3.31. The number of hydrogen-bond donors (Lipinski definition) is 4. The van der Waals surface area contributed by atoms with Gasteiger partial charge in [0.15, 0.2) is 11.6 Å². The van der Waals surface area contributed by atoms with E-state index in [0.29, 0.717) is 29.1 Å². The van der Waals surface area contributed by atoms with Crippen LogP contribution in [-0.2, 0) is 0 Å². The van der Waals surface area contributed by atoms with Crippen molar-refractivity contribution >= 4 is 34.2 Å². The van der Waals surface area contributed by atoms with E-state index in [9.17, 15) is 9.90 Å². The summed E-state index contributed by atoms with van der Waals surface area (Å²) < 4.78 is 5.91. The molecule has 0 radical (unpaired) electrons. The molecule has 5 N–H and O–H groups in total. The van der Waals surface area contributed by atoms with E-state index >= 15 is 0 Å². The number of nitrogens with two attached hydrogens (primary N) is 1. The SMILES string of the molecule is C=CC(C(=N)N(CC)c1ccc(Oc2cccc(C(N)=O)c2)cc1C)=C(O)c1nc2ccccc2[nH]1. The number of aryl methyl sites for hydroxylation is 1. The van der Waals surface area contributed by atoms with E-state index in [-0.39, 0.29) is 23.0 Å². The summed E-state index contributed by atoms with van der Waals surface area (Å²) >= 11 is 0. The van der Waals surface area contributed by atoms with Gasteiger partial charge in [0.2, 0.25) is 5.91 Å². The number of ether oxygens (including phenoxy) is 1. The van der Waals surface area contributed by atoms with Crippen LogP contribution < -0.4 is 15.4 Å². The number of rotatable bonds is 8. The fraction of sp³-hybridized carbons (Fsp3) is 0.107. The highest BCUT2D eigenvalue weighted by Crippen LogP contribution is 2.30. The first-order valence-corrected chi connectivity index (χ1v) is 11.4. The topological polar surface area (TPSA) is 128 Å². The Morgan fingerprint density at radius 3 is 2.58 bits per heavy atom. The van der Waals surface area contributed by atoms with Gasteiger partial charge in [-0.2, -0.15) is 0 Å². The van der Waals surface area contributed by atoms with Gasteiger partial charge in [-0.25, -0.2) is 4.98 Å². The Labute approximate surface area is 208 Å². The number of primary amides is 1. The number of fused-ring (bicyclic) bond motifs is 1. The second-order valence-electron chi connectivity index (χ2n) is 8.10. The Balaban J connectivity index is 1.62. The number of likely N-dealkylation sites (N-methyl/N-ethyl adjacent to an activating group) is 1. The fourth-order valence-corrected chi connectivity index (χ4v) is 3.94. The van der Waals surface area contributed by atoms with Crippen molar-refractivity contribution in [1.82, 2.24) is 9.97 Å². The van der Waals surface area contributed by atoms with Crippen LogP contribution in [0.5, 0.6) is 11.5 Å². The van der Waals surface area contributed by atoms with E-state index in [0.717, 1.165) is 16.8 Å². The number of para-hydroxylation sites is 2. The Bertz CT molecular complexity index is 1470. The molecular formula is C28H27N5O3. The third kappa shape index (κ3) is 4.83. The first kappa shape index (κ1) is 24.3. The minimum absolute atomic E-state index is 0.0800. The molecule has 4 aromatic rings. The van der Waals surface area contributed by atoms with Crippen molar-refractivity contribution in [2.24, 2.45) is 5.73 Å². The molecule has 0 fully saturated rings. The van der Waals surface area contributed by atoms with Gasteiger partial charge in [0.1, 0.15) is 17.3 Å². The smallest absolute Gasteiger partial charge is 0.248 e. The van der Waals surface area contributed by atoms with Crippen molar-refractivity contribution in [2.45, 2.75) is 13.8 Å². The Morgan fingerprint density at radius 2 is 1.92 bits per heavy atom. The van der Waals surface area contributed by atoms with Crippen LogP contribution in [0.15, 0.2) is 85.0 Å². The quantitative estimate of drug-likeness (QED) is 0.111. The standard InChI is InChI=1S/C28H27N5O3/c1-4-21(25(34)28-31-22-11-6-7-12-23(22)32-28)26(29)33(5-2)24-14-13-20(15-17(24)3)36-19-10-8-9-18(16-19)27(30)35/h4,6-16,29,34H,1,5H2,2-3H3,(H2,30,35)(H,31,32). The molecule has 0 bridgehead atoms. The van der Waals surface area contributed by atoms with Crippen molar-refractivity contribution in [3.8, 4) is 11.5 Å². The molecule has 1 aromatic heterocycles. The Kier molecular flexibility index (Phi) is 6.87. The number of aliphatic hydroxyl groups is 1. The van der Waals surface area contributed by atoms with Gasteiger partial charge in [0.25, 0.3) is 0 Å². The summed E-state index contributed by atoms with van der Waals surface area (Å²) in [6, 6.07) is 19.6. The molecule has 8 heteroatoms. The largest absolute Gasteiger partial charge is 0.504 e. The minimum Gasteiger partial charge on any atom is -0.504 e. The van der Waals surface area contributed by atoms with E-state index in [4.69, 9.17) is 15.9 Å². The number of aliphatic hydroxyl groups excluding tert-OH is 1. The zero-order valence-electron chi connectivity index (χ0n) is 20.1. The number of H-pyrrole nitrogens is 1. The predicted molar refractivity (Wildman–Crippen MR) is 143 cm³/mol. The van der Waals surface area contributed by atoms with Crippen LogP contribution in [0.25, 0.3) is 16.8 Å². The van der Waals surface area contributed by atoms with Crippen LogP contribution >= 0.6 is 0 Å². The lowest BCUT2D eigenvalue weighted by atomic mass is 10.1. The normalized spacial score (nSPS) is 11.6. The number of carbonyl (C=O) groups excluding carboxylic acids is 1. The average molecular weight is 482 g/mol. The molecule has 0 spiro atoms. The maximum absolute atomic E-state index is 11.4. The number of amidine groups is 1. The highest BCUT2D eigenvalue weighted by molar-refractivity contribution is 6.13. The molecule has 8 nitrogen and oxygen atoms in total. The number of aromatic nitrogens is 2. The van der Waals surface area contributed by atoms with Crippen molar-refractivity contribution in [1.29, 1.82) is 5.41 Å². The molecule has 0 atom stereocenters. The van der Waals surface area contributed by atoms with Crippen LogP contribution in [-0.4, -0.2) is 33.4 Å². The van der Waals surface area contributed by atoms with E-state index < -0.39 is 5.91 Å². The van der Waals surface area contributed by atoms with Gasteiger partial charge in [-0.1, -0.05) is 30.9 Å². The summed E-state index contributed by atoms with van der Waals surface area (Å²) in [5.74, 6) is 0.732. The van der Waals surface area contributed by atoms with E-state index in [1.54, 1.807) is 35.2 Å². The van der Waals surface area contributed by atoms with Gasteiger partial charge in [0, 0.05) is 17.8 Å². The van der Waals surface area contributed by atoms with Gasteiger partial charge in [-0.05, 0) is 67.9 Å². The molecule has 182 valence electrons. The summed E-state index contributed by atoms with van der Waals surface area (Å²) in [5, 5.41) is 19.8. The lowest BCUT2D eigenvalue weighted by Gasteiger charge is -2.26. The van der Waals surface area contributed by atoms with Crippen molar-refractivity contribution in [2.75, 3.05) is 11.4 Å². The molecule has 36 heavy (non-hydrogen) atoms. The van der Waals surface area contributed by atoms with E-state index in [1.165, 1.54) is 6.08 Å². The third-order valence-electron chi connectivity index (χ3n) is 5.73. The van der Waals surface area contributed by atoms with Crippen LogP contribution in [0, 0.1) is 12.3 Å². The first-order chi connectivity index (χ1) is 17.3. The number of amides is 1. The van der Waals surface area contributed by atoms with Crippen molar-refractivity contribution in [3.05, 3.63) is 102 Å². The number of anilines is 1. The second kappa shape index (κ2) is 10.2. The fourth-order valence-electron chi connectivity index (χ4n) is 3.94. The van der Waals surface area contributed by atoms with Gasteiger partial charge in [-0.3, -0.25) is 10.2 Å². The Hall–Kier alpha value is -4.85. The van der Waals surface area contributed by atoms with Gasteiger partial charge >= 0.3 is 0 Å². The maximum Gasteiger partial charge on any atom is 0.248 e. The molecule has 0 unspecified atom stereocenters. The number of nitrogens with one attached hydrogen (secondary N) is 2. The lowest BCUT2D eigenvalue weighted by molar-refractivity contribution is 0.1000. The highest BCUT2D eigenvalue weighted by atomic mass is 16.5. The van der Waals surface area contributed by atoms with Gasteiger partial charge in [-0.15, -0.1) is 0 Å². The van der Waals surface area contributed by atoms with E-state index in [2.05, 4.69) is 16.5 Å². The first-order valence-electron chi connectivity index (χ1n) is 11.4. The van der Waals surface area contributed by atoms with Gasteiger partial charge in [0.05, 0.1) is 16.6 Å². The molecule has 1 heterocycles. The highest BCUT2D eigenvalue weighted by Gasteiger charge is 2.21. The summed E-state index contributed by atoms with van der Waals surface area (Å²) in [7, 11) is 0. The summed E-state index contributed by atoms with van der Waals surface area (Å²) in [6.07, 6.45) is 1.45. The number of carbonyl (C=O) groups is 1. The van der Waals surface area contributed by atoms with Crippen LogP contribution in [0.4, 0.5) is 5.69 Å². The third-order valence-corrected chi connectivity index (χ3v) is 5.73. The second-order valence-corrected chi connectivity index (χ2v) is 8.10. The summed E-state index contributed by atoms with van der Waals surface area (Å²) in [4.78, 5) is 20.7. The molecule has 1 amide bonds. The van der Waals surface area contributed by atoms with Crippen LogP contribution in [0.1, 0.15) is 28.7 Å². The number of nitrogens with zero attached hydrogens (tertiary/aromatic N) is 2. The van der Waals surface area contributed by atoms with Crippen LogP contribution in [0.3, 0.4) is 0 Å². The number of imidazole rings is 1. The number of aromatic amines is 1. The molecule has 4 rings (SSSR count). The number of hydrogen-bond acceptors (Lipinski definition) is 5. The van der Waals surface area contributed by atoms with Crippen LogP contribution in [0.2, 0.25) is 0 Å². The maximum atomic E-state index is 11.4. The molecule has 0 aliphatic rings. The molecular weight excluding hydrogens is 454 g/mol. The Morgan fingerprint density at radius 1 is 1.17 bits per heavy atom. The summed E-state index contributed by atoms with van der Waals surface area (Å²) in [5.41, 5.74) is 9.10. The minimum atomic E-state index is -0.527. The van der Waals surface area contributed by atoms with Gasteiger partial charge < -0.3 is 25.5 Å². The zero-order chi connectivity index (χ0) is 25.8. The molecule has 0 saturated carbocycles. The molecule has 0 saturated heterocycles. The lowest BCUT2D eigenvalue weighted by Crippen LogP contribution is -2.32. The zero-order valence-corrected chi connectivity index (χ0v) is 20.1. The van der Waals surface area contributed by atoms with E-state index in [1.807, 2.05) is 50.2 Å².